The van der Waals surface area contributed by atoms with Crippen molar-refractivity contribution in [3.63, 3.8) is 0 Å². The average molecular weight is 402 g/mol. The van der Waals surface area contributed by atoms with E-state index in [1.54, 1.807) is 25.3 Å². The number of ether oxygens (including phenoxy) is 3. The highest BCUT2D eigenvalue weighted by atomic mass is 35.5. The van der Waals surface area contributed by atoms with Crippen LogP contribution in [0.5, 0.6) is 11.5 Å². The fourth-order valence-electron chi connectivity index (χ4n) is 2.77. The van der Waals surface area contributed by atoms with Crippen molar-refractivity contribution in [1.82, 2.24) is 0 Å². The van der Waals surface area contributed by atoms with Gasteiger partial charge in [0, 0.05) is 17.7 Å². The van der Waals surface area contributed by atoms with Gasteiger partial charge in [0.15, 0.2) is 17.0 Å². The van der Waals surface area contributed by atoms with E-state index in [0.717, 1.165) is 11.1 Å². The maximum Gasteiger partial charge on any atom is 0.334 e. The maximum absolute atomic E-state index is 13.0. The Balaban J connectivity index is 1.89. The molecule has 148 valence electrons. The summed E-state index contributed by atoms with van der Waals surface area (Å²) in [6.07, 6.45) is 2.04. The van der Waals surface area contributed by atoms with Crippen LogP contribution >= 0.6 is 11.6 Å². The third-order valence-corrected chi connectivity index (χ3v) is 4.44. The molecule has 2 aromatic carbocycles. The second-order valence-electron chi connectivity index (χ2n) is 7.95. The van der Waals surface area contributed by atoms with E-state index in [1.165, 1.54) is 0 Å². The fraction of sp³-hybridized carbons (Fsp3) is 0.364. The molecule has 1 heterocycles. The van der Waals surface area contributed by atoms with Crippen molar-refractivity contribution >= 4 is 23.8 Å². The molecular formula is C22H24ClNO4. The number of nitrogens with zero attached hydrogens (tertiary/aromatic N) is 1. The zero-order valence-electron chi connectivity index (χ0n) is 16.5. The van der Waals surface area contributed by atoms with Gasteiger partial charge >= 0.3 is 5.97 Å². The number of hydrogen-bond donors (Lipinski definition) is 0. The molecule has 1 aliphatic heterocycles. The van der Waals surface area contributed by atoms with Gasteiger partial charge in [0.1, 0.15) is 5.60 Å². The molecule has 0 amide bonds. The molecule has 1 atom stereocenters. The minimum absolute atomic E-state index is 0.205. The van der Waals surface area contributed by atoms with Gasteiger partial charge in [-0.3, -0.25) is 4.99 Å². The van der Waals surface area contributed by atoms with Crippen molar-refractivity contribution in [2.75, 3.05) is 6.79 Å². The fourth-order valence-corrected chi connectivity index (χ4v) is 2.90. The minimum atomic E-state index is -1.10. The van der Waals surface area contributed by atoms with Crippen molar-refractivity contribution in [2.24, 2.45) is 4.99 Å². The summed E-state index contributed by atoms with van der Waals surface area (Å²) in [6.45, 7) is 7.51. The van der Waals surface area contributed by atoms with Gasteiger partial charge in [0.05, 0.1) is 0 Å². The van der Waals surface area contributed by atoms with Gasteiger partial charge in [0.2, 0.25) is 6.79 Å². The van der Waals surface area contributed by atoms with Gasteiger partial charge in [-0.25, -0.2) is 4.79 Å². The van der Waals surface area contributed by atoms with Gasteiger partial charge in [-0.1, -0.05) is 29.8 Å². The molecule has 5 nitrogen and oxygen atoms in total. The third kappa shape index (κ3) is 5.04. The Morgan fingerprint density at radius 3 is 2.46 bits per heavy atom. The van der Waals surface area contributed by atoms with Gasteiger partial charge < -0.3 is 14.2 Å². The largest absolute Gasteiger partial charge is 0.458 e. The first kappa shape index (κ1) is 20.2. The van der Waals surface area contributed by atoms with Crippen molar-refractivity contribution in [2.45, 2.75) is 45.3 Å². The highest BCUT2D eigenvalue weighted by Crippen LogP contribution is 2.34. The van der Waals surface area contributed by atoms with Crippen molar-refractivity contribution in [1.29, 1.82) is 0 Å². The van der Waals surface area contributed by atoms with E-state index in [9.17, 15) is 4.79 Å². The molecule has 0 fully saturated rings. The van der Waals surface area contributed by atoms with Gasteiger partial charge in [-0.2, -0.15) is 0 Å². The molecule has 1 aliphatic rings. The SMILES string of the molecule is CC(C)(C)OC(=O)[C@](C)(Cc1ccc2c(c1)OCO2)N=Cc1ccc(Cl)cc1. The second-order valence-corrected chi connectivity index (χ2v) is 8.39. The molecule has 3 rings (SSSR count). The molecule has 0 unspecified atom stereocenters. The van der Waals surface area contributed by atoms with E-state index in [0.29, 0.717) is 22.9 Å². The topological polar surface area (TPSA) is 57.1 Å². The number of carbonyl (C=O) groups is 1. The lowest BCUT2D eigenvalue weighted by Gasteiger charge is -2.28. The highest BCUT2D eigenvalue weighted by molar-refractivity contribution is 6.30. The first-order chi connectivity index (χ1) is 13.1. The Morgan fingerprint density at radius 1 is 1.11 bits per heavy atom. The van der Waals surface area contributed by atoms with E-state index in [-0.39, 0.29) is 12.8 Å². The van der Waals surface area contributed by atoms with Crippen LogP contribution in [0.15, 0.2) is 47.5 Å². The van der Waals surface area contributed by atoms with Crippen LogP contribution in [0.1, 0.15) is 38.8 Å². The summed E-state index contributed by atoms with van der Waals surface area (Å²) in [5.41, 5.74) is 0.0552. The summed E-state index contributed by atoms with van der Waals surface area (Å²) in [5.74, 6) is 0.987. The van der Waals surface area contributed by atoms with Crippen LogP contribution in [-0.2, 0) is 16.0 Å². The van der Waals surface area contributed by atoms with Crippen LogP contribution in [-0.4, -0.2) is 30.1 Å². The first-order valence-electron chi connectivity index (χ1n) is 9.07. The summed E-state index contributed by atoms with van der Waals surface area (Å²) < 4.78 is 16.4. The number of rotatable bonds is 5. The predicted octanol–water partition coefficient (Wildman–Crippen LogP) is 4.83. The van der Waals surface area contributed by atoms with Crippen LogP contribution in [0.4, 0.5) is 0 Å². The summed E-state index contributed by atoms with van der Waals surface area (Å²) in [7, 11) is 0. The van der Waals surface area contributed by atoms with Crippen molar-refractivity contribution in [3.8, 4) is 11.5 Å². The molecule has 0 saturated carbocycles. The molecule has 6 heteroatoms. The quantitative estimate of drug-likeness (QED) is 0.531. The molecule has 0 spiro atoms. The Labute approximate surface area is 170 Å². The molecule has 0 radical (unpaired) electrons. The van der Waals surface area contributed by atoms with Gasteiger partial charge in [-0.15, -0.1) is 0 Å². The molecule has 2 aromatic rings. The standard InChI is InChI=1S/C22H24ClNO4/c1-21(2,3)28-20(25)22(4,24-13-15-5-8-17(23)9-6-15)12-16-7-10-18-19(11-16)27-14-26-18/h5-11,13H,12,14H2,1-4H3/t22-/m0/s1. The molecule has 28 heavy (non-hydrogen) atoms. The Hall–Kier alpha value is -2.53. The number of carbonyl (C=O) groups excluding carboxylic acids is 1. The van der Waals surface area contributed by atoms with E-state index in [1.807, 2.05) is 51.1 Å². The molecular weight excluding hydrogens is 378 g/mol. The number of aliphatic imine (C=N–C) groups is 1. The summed E-state index contributed by atoms with van der Waals surface area (Å²) >= 11 is 5.94. The van der Waals surface area contributed by atoms with Crippen LogP contribution in [0.3, 0.4) is 0 Å². The summed E-state index contributed by atoms with van der Waals surface area (Å²) in [5, 5.41) is 0.646. The van der Waals surface area contributed by atoms with Crippen molar-refractivity contribution < 1.29 is 19.0 Å². The number of halogens is 1. The Morgan fingerprint density at radius 2 is 1.79 bits per heavy atom. The Bertz CT molecular complexity index is 886. The minimum Gasteiger partial charge on any atom is -0.458 e. The van der Waals surface area contributed by atoms with Crippen LogP contribution in [0.25, 0.3) is 0 Å². The van der Waals surface area contributed by atoms with Crippen LogP contribution in [0, 0.1) is 0 Å². The predicted molar refractivity (Wildman–Crippen MR) is 110 cm³/mol. The first-order valence-corrected chi connectivity index (χ1v) is 9.45. The van der Waals surface area contributed by atoms with Crippen LogP contribution < -0.4 is 9.47 Å². The van der Waals surface area contributed by atoms with E-state index in [2.05, 4.69) is 4.99 Å². The molecule has 0 bridgehead atoms. The summed E-state index contributed by atoms with van der Waals surface area (Å²) in [4.78, 5) is 17.6. The van der Waals surface area contributed by atoms with E-state index in [4.69, 9.17) is 25.8 Å². The lowest BCUT2D eigenvalue weighted by Crippen LogP contribution is -2.41. The molecule has 0 aromatic heterocycles. The summed E-state index contributed by atoms with van der Waals surface area (Å²) in [6, 6.07) is 12.9. The number of esters is 1. The lowest BCUT2D eigenvalue weighted by molar-refractivity contribution is -0.160. The van der Waals surface area contributed by atoms with Gasteiger partial charge in [-0.05, 0) is 63.1 Å². The van der Waals surface area contributed by atoms with Crippen LogP contribution in [0.2, 0.25) is 5.02 Å². The van der Waals surface area contributed by atoms with E-state index >= 15 is 0 Å². The zero-order chi connectivity index (χ0) is 20.4. The number of hydrogen-bond acceptors (Lipinski definition) is 5. The normalized spacial score (nSPS) is 15.5. The number of fused-ring (bicyclic) bond motifs is 1. The molecule has 0 saturated heterocycles. The Kier molecular flexibility index (Phi) is 5.66. The smallest absolute Gasteiger partial charge is 0.334 e. The second kappa shape index (κ2) is 7.84. The third-order valence-electron chi connectivity index (χ3n) is 4.19. The highest BCUT2D eigenvalue weighted by Gasteiger charge is 2.37. The molecule has 0 N–H and O–H groups in total. The monoisotopic (exact) mass is 401 g/mol. The van der Waals surface area contributed by atoms with Crippen molar-refractivity contribution in [3.05, 3.63) is 58.6 Å². The van der Waals surface area contributed by atoms with E-state index < -0.39 is 11.1 Å². The average Bonchev–Trinajstić information content (AvgIpc) is 3.07. The zero-order valence-corrected chi connectivity index (χ0v) is 17.2. The van der Waals surface area contributed by atoms with Gasteiger partial charge in [0.25, 0.3) is 0 Å². The molecule has 0 aliphatic carbocycles. The number of benzene rings is 2. The lowest BCUT2D eigenvalue weighted by atomic mass is 9.92. The maximum atomic E-state index is 13.0.